The van der Waals surface area contributed by atoms with E-state index >= 15 is 0 Å². The molecule has 2 fully saturated rings. The molecule has 1 aromatic rings. The highest BCUT2D eigenvalue weighted by Gasteiger charge is 2.22. The molecule has 1 aromatic heterocycles. The maximum atomic E-state index is 5.28. The van der Waals surface area contributed by atoms with Gasteiger partial charge in [-0.05, 0) is 38.8 Å². The molecule has 1 saturated carbocycles. The zero-order valence-corrected chi connectivity index (χ0v) is 12.5. The Hall–Kier alpha value is -0.490. The largest absolute Gasteiger partial charge is 0.378 e. The lowest BCUT2D eigenvalue weighted by Gasteiger charge is -2.11. The smallest absolute Gasteiger partial charge is 0.107 e. The molecule has 106 valence electrons. The van der Waals surface area contributed by atoms with Gasteiger partial charge in [0.1, 0.15) is 5.01 Å². The average Bonchev–Trinajstić information content (AvgIpc) is 2.95. The summed E-state index contributed by atoms with van der Waals surface area (Å²) in [5, 5.41) is 4.83. The Kier molecular flexibility index (Phi) is 4.48. The van der Waals surface area contributed by atoms with Gasteiger partial charge in [-0.15, -0.1) is 11.3 Å². The van der Waals surface area contributed by atoms with Crippen LogP contribution in [0.4, 0.5) is 0 Å². The Labute approximate surface area is 119 Å². The topological polar surface area (TPSA) is 37.4 Å². The van der Waals surface area contributed by atoms with E-state index in [4.69, 9.17) is 9.72 Å². The summed E-state index contributed by atoms with van der Waals surface area (Å²) in [6.07, 6.45) is 5.34. The third-order valence-electron chi connectivity index (χ3n) is 3.79. The average molecular weight is 281 g/mol. The summed E-state index contributed by atoms with van der Waals surface area (Å²) >= 11 is 1.86. The van der Waals surface area contributed by atoms with Crippen molar-refractivity contribution in [2.24, 2.45) is 0 Å². The summed E-state index contributed by atoms with van der Waals surface area (Å²) in [6.45, 7) is 5.08. The lowest BCUT2D eigenvalue weighted by atomic mass is 10.3. The molecule has 0 unspecified atom stereocenters. The Morgan fingerprint density at radius 1 is 1.37 bits per heavy atom. The number of likely N-dealkylation sites (tertiary alicyclic amines) is 1. The highest BCUT2D eigenvalue weighted by atomic mass is 32.1. The second-order valence-corrected chi connectivity index (χ2v) is 6.72. The molecule has 1 aliphatic heterocycles. The molecular formula is C14H23N3OS. The van der Waals surface area contributed by atoms with Crippen LogP contribution < -0.4 is 5.32 Å². The highest BCUT2D eigenvalue weighted by molar-refractivity contribution is 7.11. The van der Waals surface area contributed by atoms with E-state index in [0.717, 1.165) is 24.8 Å². The van der Waals surface area contributed by atoms with Crippen molar-refractivity contribution >= 4 is 11.3 Å². The first-order valence-electron chi connectivity index (χ1n) is 7.27. The molecule has 5 heteroatoms. The van der Waals surface area contributed by atoms with Crippen LogP contribution in [0.15, 0.2) is 0 Å². The van der Waals surface area contributed by atoms with E-state index in [9.17, 15) is 0 Å². The number of aromatic nitrogens is 1. The van der Waals surface area contributed by atoms with Gasteiger partial charge in [-0.25, -0.2) is 4.98 Å². The molecule has 4 nitrogen and oxygen atoms in total. The molecule has 3 rings (SSSR count). The number of hydrogen-bond acceptors (Lipinski definition) is 5. The molecular weight excluding hydrogens is 258 g/mol. The monoisotopic (exact) mass is 281 g/mol. The van der Waals surface area contributed by atoms with Gasteiger partial charge in [0.05, 0.1) is 18.8 Å². The standard InChI is InChI=1S/C14H23N3OS/c1-18-10-12-13(8-15-11-4-5-11)19-14(16-12)9-17-6-2-3-7-17/h11,15H,2-10H2,1H3. The number of ether oxygens (including phenoxy) is 1. The number of thiazole rings is 1. The second-order valence-electron chi connectivity index (χ2n) is 5.55. The van der Waals surface area contributed by atoms with E-state index in [1.165, 1.54) is 48.7 Å². The van der Waals surface area contributed by atoms with Crippen molar-refractivity contribution in [2.45, 2.75) is 51.4 Å². The van der Waals surface area contributed by atoms with E-state index in [2.05, 4.69) is 10.2 Å². The van der Waals surface area contributed by atoms with Crippen LogP contribution in [0.2, 0.25) is 0 Å². The molecule has 1 saturated heterocycles. The van der Waals surface area contributed by atoms with Crippen LogP contribution in [0.3, 0.4) is 0 Å². The predicted octanol–water partition coefficient (Wildman–Crippen LogP) is 2.14. The number of nitrogens with one attached hydrogen (secondary N) is 1. The van der Waals surface area contributed by atoms with Crippen LogP contribution in [-0.4, -0.2) is 36.1 Å². The maximum absolute atomic E-state index is 5.28. The quantitative estimate of drug-likeness (QED) is 0.831. The lowest BCUT2D eigenvalue weighted by Crippen LogP contribution is -2.18. The molecule has 2 heterocycles. The number of hydrogen-bond donors (Lipinski definition) is 1. The summed E-state index contributed by atoms with van der Waals surface area (Å²) in [5.41, 5.74) is 1.13. The van der Waals surface area contributed by atoms with Gasteiger partial charge in [0.2, 0.25) is 0 Å². The Balaban J connectivity index is 1.63. The van der Waals surface area contributed by atoms with Crippen LogP contribution >= 0.6 is 11.3 Å². The van der Waals surface area contributed by atoms with Crippen molar-refractivity contribution in [3.05, 3.63) is 15.6 Å². The molecule has 19 heavy (non-hydrogen) atoms. The first-order valence-corrected chi connectivity index (χ1v) is 8.09. The number of methoxy groups -OCH3 is 1. The van der Waals surface area contributed by atoms with Crippen molar-refractivity contribution in [3.8, 4) is 0 Å². The summed E-state index contributed by atoms with van der Waals surface area (Å²) in [6, 6.07) is 0.750. The van der Waals surface area contributed by atoms with Crippen molar-refractivity contribution in [2.75, 3.05) is 20.2 Å². The molecule has 1 aliphatic carbocycles. The van der Waals surface area contributed by atoms with Crippen molar-refractivity contribution in [3.63, 3.8) is 0 Å². The third-order valence-corrected chi connectivity index (χ3v) is 4.87. The predicted molar refractivity (Wildman–Crippen MR) is 77.2 cm³/mol. The SMILES string of the molecule is COCc1nc(CN2CCCC2)sc1CNC1CC1. The molecule has 1 N–H and O–H groups in total. The maximum Gasteiger partial charge on any atom is 0.107 e. The summed E-state index contributed by atoms with van der Waals surface area (Å²) in [4.78, 5) is 8.64. The fourth-order valence-electron chi connectivity index (χ4n) is 2.55. The third kappa shape index (κ3) is 3.75. The fourth-order valence-corrected chi connectivity index (χ4v) is 3.61. The normalized spacial score (nSPS) is 20.3. The minimum Gasteiger partial charge on any atom is -0.378 e. The van der Waals surface area contributed by atoms with Gasteiger partial charge in [0, 0.05) is 24.6 Å². The van der Waals surface area contributed by atoms with Crippen LogP contribution in [0.5, 0.6) is 0 Å². The van der Waals surface area contributed by atoms with E-state index < -0.39 is 0 Å². The van der Waals surface area contributed by atoms with Crippen LogP contribution in [-0.2, 0) is 24.4 Å². The van der Waals surface area contributed by atoms with E-state index in [-0.39, 0.29) is 0 Å². The van der Waals surface area contributed by atoms with Gasteiger partial charge < -0.3 is 10.1 Å². The van der Waals surface area contributed by atoms with Gasteiger partial charge >= 0.3 is 0 Å². The van der Waals surface area contributed by atoms with Gasteiger partial charge in [0.25, 0.3) is 0 Å². The summed E-state index contributed by atoms with van der Waals surface area (Å²) in [5.74, 6) is 0. The summed E-state index contributed by atoms with van der Waals surface area (Å²) in [7, 11) is 1.75. The van der Waals surface area contributed by atoms with Gasteiger partial charge in [-0.3, -0.25) is 4.90 Å². The molecule has 0 amide bonds. The molecule has 0 radical (unpaired) electrons. The van der Waals surface area contributed by atoms with Gasteiger partial charge in [0.15, 0.2) is 0 Å². The number of rotatable bonds is 7. The van der Waals surface area contributed by atoms with Crippen molar-refractivity contribution in [1.82, 2.24) is 15.2 Å². The lowest BCUT2D eigenvalue weighted by molar-refractivity contribution is 0.181. The second kappa shape index (κ2) is 6.31. The van der Waals surface area contributed by atoms with Crippen molar-refractivity contribution in [1.29, 1.82) is 0 Å². The van der Waals surface area contributed by atoms with Gasteiger partial charge in [-0.2, -0.15) is 0 Å². The van der Waals surface area contributed by atoms with E-state index in [1.807, 2.05) is 11.3 Å². The molecule has 2 aliphatic rings. The molecule has 0 aromatic carbocycles. The van der Waals surface area contributed by atoms with E-state index in [0.29, 0.717) is 6.61 Å². The Bertz CT molecular complexity index is 411. The van der Waals surface area contributed by atoms with Crippen LogP contribution in [0, 0.1) is 0 Å². The van der Waals surface area contributed by atoms with Crippen molar-refractivity contribution < 1.29 is 4.74 Å². The zero-order chi connectivity index (χ0) is 13.1. The minimum absolute atomic E-state index is 0.637. The molecule has 0 atom stereocenters. The minimum atomic E-state index is 0.637. The Morgan fingerprint density at radius 2 is 2.16 bits per heavy atom. The van der Waals surface area contributed by atoms with Crippen LogP contribution in [0.1, 0.15) is 41.3 Å². The zero-order valence-electron chi connectivity index (χ0n) is 11.7. The molecule has 0 spiro atoms. The first-order chi connectivity index (χ1) is 9.35. The fraction of sp³-hybridized carbons (Fsp3) is 0.786. The van der Waals surface area contributed by atoms with Crippen LogP contribution in [0.25, 0.3) is 0 Å². The number of nitrogens with zero attached hydrogens (tertiary/aromatic N) is 2. The summed E-state index contributed by atoms with van der Waals surface area (Å²) < 4.78 is 5.28. The first kappa shape index (κ1) is 13.5. The Morgan fingerprint density at radius 3 is 2.84 bits per heavy atom. The highest BCUT2D eigenvalue weighted by Crippen LogP contribution is 2.25. The van der Waals surface area contributed by atoms with E-state index in [1.54, 1.807) is 7.11 Å². The van der Waals surface area contributed by atoms with Gasteiger partial charge in [-0.1, -0.05) is 0 Å². The molecule has 0 bridgehead atoms.